The molecule has 0 saturated carbocycles. The average Bonchev–Trinajstić information content (AvgIpc) is 3.45. The summed E-state index contributed by atoms with van der Waals surface area (Å²) >= 11 is 0. The van der Waals surface area contributed by atoms with Gasteiger partial charge in [-0.15, -0.1) is 0 Å². The fourth-order valence-electron chi connectivity index (χ4n) is 5.84. The van der Waals surface area contributed by atoms with Crippen LogP contribution in [0.1, 0.15) is 57.7 Å². The molecule has 1 unspecified atom stereocenters. The van der Waals surface area contributed by atoms with Gasteiger partial charge >= 0.3 is 5.97 Å². The number of imide groups is 1. The number of hydrazone groups is 1. The molecule has 0 bridgehead atoms. The van der Waals surface area contributed by atoms with Gasteiger partial charge in [0, 0.05) is 5.56 Å². The maximum Gasteiger partial charge on any atom is 0.338 e. The molecule has 196 valence electrons. The van der Waals surface area contributed by atoms with Crippen LogP contribution in [0.5, 0.6) is 0 Å². The van der Waals surface area contributed by atoms with Gasteiger partial charge in [-0.2, -0.15) is 5.10 Å². The summed E-state index contributed by atoms with van der Waals surface area (Å²) in [6, 6.07) is 21.2. The summed E-state index contributed by atoms with van der Waals surface area (Å²) in [5, 5.41) is 6.23. The van der Waals surface area contributed by atoms with E-state index < -0.39 is 35.8 Å². The van der Waals surface area contributed by atoms with Crippen LogP contribution < -0.4 is 4.90 Å². The van der Waals surface area contributed by atoms with E-state index in [9.17, 15) is 19.2 Å². The molecule has 8 heteroatoms. The SMILES string of the molecule is CCCCOC(=O)c1ccc(N2C(=O)[C@@H]3[C@H](C2=O)C2c4ccccc4C=NN2[C@@H]3C(=O)c2ccccc2)cc1. The number of carbonyl (C=O) groups is 4. The molecule has 3 aromatic rings. The minimum Gasteiger partial charge on any atom is -0.462 e. The zero-order valence-corrected chi connectivity index (χ0v) is 21.4. The minimum absolute atomic E-state index is 0.252. The number of benzene rings is 3. The molecule has 2 amide bonds. The van der Waals surface area contributed by atoms with Gasteiger partial charge in [-0.3, -0.25) is 19.4 Å². The van der Waals surface area contributed by atoms with Crippen molar-refractivity contribution < 1.29 is 23.9 Å². The number of ketones is 1. The normalized spacial score (nSPS) is 22.9. The highest BCUT2D eigenvalue weighted by atomic mass is 16.5. The lowest BCUT2D eigenvalue weighted by atomic mass is 9.83. The molecular weight excluding hydrogens is 494 g/mol. The first kappa shape index (κ1) is 24.7. The monoisotopic (exact) mass is 521 g/mol. The number of nitrogens with zero attached hydrogens (tertiary/aromatic N) is 3. The molecule has 0 aromatic heterocycles. The molecule has 8 nitrogen and oxygen atoms in total. The molecule has 2 saturated heterocycles. The van der Waals surface area contributed by atoms with E-state index in [2.05, 4.69) is 5.10 Å². The minimum atomic E-state index is -0.929. The number of esters is 1. The van der Waals surface area contributed by atoms with Crippen LogP contribution in [-0.4, -0.2) is 47.4 Å². The molecule has 4 atom stereocenters. The zero-order chi connectivity index (χ0) is 27.1. The smallest absolute Gasteiger partial charge is 0.338 e. The van der Waals surface area contributed by atoms with E-state index in [0.717, 1.165) is 28.9 Å². The third-order valence-corrected chi connectivity index (χ3v) is 7.71. The van der Waals surface area contributed by atoms with E-state index in [4.69, 9.17) is 4.74 Å². The maximum absolute atomic E-state index is 14.0. The molecule has 39 heavy (non-hydrogen) atoms. The largest absolute Gasteiger partial charge is 0.462 e. The predicted molar refractivity (Wildman–Crippen MR) is 144 cm³/mol. The van der Waals surface area contributed by atoms with E-state index in [1.165, 1.54) is 0 Å². The molecule has 3 aromatic carbocycles. The van der Waals surface area contributed by atoms with Crippen molar-refractivity contribution in [2.24, 2.45) is 16.9 Å². The molecular formula is C31H27N3O5. The Morgan fingerprint density at radius 3 is 2.28 bits per heavy atom. The van der Waals surface area contributed by atoms with Gasteiger partial charge in [0.05, 0.1) is 41.9 Å². The van der Waals surface area contributed by atoms with Crippen molar-refractivity contribution >= 4 is 35.5 Å². The molecule has 0 spiro atoms. The van der Waals surface area contributed by atoms with Crippen molar-refractivity contribution in [1.82, 2.24) is 5.01 Å². The Morgan fingerprint density at radius 2 is 1.54 bits per heavy atom. The number of amides is 2. The van der Waals surface area contributed by atoms with Crippen LogP contribution in [0.25, 0.3) is 0 Å². The lowest BCUT2D eigenvalue weighted by Crippen LogP contribution is -2.44. The van der Waals surface area contributed by atoms with Crippen LogP contribution in [0.4, 0.5) is 5.69 Å². The maximum atomic E-state index is 14.0. The third kappa shape index (κ3) is 4.03. The summed E-state index contributed by atoms with van der Waals surface area (Å²) in [6.07, 6.45) is 3.37. The Labute approximate surface area is 225 Å². The molecule has 0 aliphatic carbocycles. The Hall–Kier alpha value is -4.59. The van der Waals surface area contributed by atoms with Crippen molar-refractivity contribution in [1.29, 1.82) is 0 Å². The zero-order valence-electron chi connectivity index (χ0n) is 21.4. The number of fused-ring (bicyclic) bond motifs is 5. The number of rotatable bonds is 7. The highest BCUT2D eigenvalue weighted by Crippen LogP contribution is 2.53. The lowest BCUT2D eigenvalue weighted by molar-refractivity contribution is -0.124. The summed E-state index contributed by atoms with van der Waals surface area (Å²) < 4.78 is 5.27. The van der Waals surface area contributed by atoms with Crippen LogP contribution in [0.3, 0.4) is 0 Å². The summed E-state index contributed by atoms with van der Waals surface area (Å²) in [4.78, 5) is 55.3. The molecule has 0 radical (unpaired) electrons. The van der Waals surface area contributed by atoms with Gasteiger partial charge in [-0.1, -0.05) is 67.9 Å². The predicted octanol–water partition coefficient (Wildman–Crippen LogP) is 4.41. The summed E-state index contributed by atoms with van der Waals surface area (Å²) in [5.41, 5.74) is 2.87. The van der Waals surface area contributed by atoms with Gasteiger partial charge in [-0.25, -0.2) is 9.69 Å². The van der Waals surface area contributed by atoms with Crippen LogP contribution in [0.2, 0.25) is 0 Å². The second-order valence-corrected chi connectivity index (χ2v) is 9.97. The molecule has 6 rings (SSSR count). The fraction of sp³-hybridized carbons (Fsp3) is 0.258. The van der Waals surface area contributed by atoms with Gasteiger partial charge in [0.25, 0.3) is 0 Å². The molecule has 3 aliphatic heterocycles. The number of carbonyl (C=O) groups excluding carboxylic acids is 4. The van der Waals surface area contributed by atoms with Gasteiger partial charge in [-0.05, 0) is 41.8 Å². The van der Waals surface area contributed by atoms with Crippen molar-refractivity contribution in [2.45, 2.75) is 31.8 Å². The number of hydrogen-bond acceptors (Lipinski definition) is 7. The first-order chi connectivity index (χ1) is 19.0. The van der Waals surface area contributed by atoms with Gasteiger partial charge in [0.15, 0.2) is 5.78 Å². The fourth-order valence-corrected chi connectivity index (χ4v) is 5.84. The highest BCUT2D eigenvalue weighted by Gasteiger charge is 2.65. The van der Waals surface area contributed by atoms with Crippen LogP contribution in [0, 0.1) is 11.8 Å². The van der Waals surface area contributed by atoms with Crippen molar-refractivity contribution in [3.8, 4) is 0 Å². The summed E-state index contributed by atoms with van der Waals surface area (Å²) in [5.74, 6) is -3.22. The van der Waals surface area contributed by atoms with Crippen molar-refractivity contribution in [2.75, 3.05) is 11.5 Å². The Bertz CT molecular complexity index is 1480. The van der Waals surface area contributed by atoms with Crippen molar-refractivity contribution in [3.05, 3.63) is 101 Å². The first-order valence-electron chi connectivity index (χ1n) is 13.2. The standard InChI is InChI=1S/C31H27N3O5/c1-2-3-17-39-31(38)20-13-15-22(16-14-20)33-29(36)24-25(30(33)37)27(28(35)19-9-5-4-6-10-19)34-26(24)23-12-8-7-11-21(23)18-32-34/h4-16,18,24-27H,2-3,17H2,1H3/t24-,25+,26?,27-/m0/s1. The summed E-state index contributed by atoms with van der Waals surface area (Å²) in [6.45, 7) is 2.35. The van der Waals surface area contributed by atoms with Crippen LogP contribution in [0.15, 0.2) is 84.0 Å². The summed E-state index contributed by atoms with van der Waals surface area (Å²) in [7, 11) is 0. The number of unbranched alkanes of at least 4 members (excludes halogenated alkanes) is 1. The van der Waals surface area contributed by atoms with Gasteiger partial charge in [0.2, 0.25) is 11.8 Å². The number of ether oxygens (including phenoxy) is 1. The Kier molecular flexibility index (Phi) is 6.30. The quantitative estimate of drug-likeness (QED) is 0.198. The molecule has 3 aliphatic rings. The highest BCUT2D eigenvalue weighted by molar-refractivity contribution is 6.24. The van der Waals surface area contributed by atoms with E-state index >= 15 is 0 Å². The van der Waals surface area contributed by atoms with Crippen molar-refractivity contribution in [3.63, 3.8) is 0 Å². The van der Waals surface area contributed by atoms with Crippen LogP contribution >= 0.6 is 0 Å². The van der Waals surface area contributed by atoms with E-state index in [1.54, 1.807) is 59.8 Å². The third-order valence-electron chi connectivity index (χ3n) is 7.71. The first-order valence-corrected chi connectivity index (χ1v) is 13.2. The Balaban J connectivity index is 1.37. The number of anilines is 1. The molecule has 2 fully saturated rings. The van der Waals surface area contributed by atoms with Gasteiger partial charge < -0.3 is 4.74 Å². The van der Waals surface area contributed by atoms with Crippen LogP contribution in [-0.2, 0) is 14.3 Å². The topological polar surface area (TPSA) is 96.3 Å². The van der Waals surface area contributed by atoms with E-state index in [0.29, 0.717) is 23.4 Å². The Morgan fingerprint density at radius 1 is 0.846 bits per heavy atom. The average molecular weight is 522 g/mol. The number of hydrogen-bond donors (Lipinski definition) is 0. The lowest BCUT2D eigenvalue weighted by Gasteiger charge is -2.33. The second kappa shape index (κ2) is 9.94. The number of Topliss-reactive ketones (excluding diaryl/α,β-unsaturated/α-hetero) is 1. The van der Waals surface area contributed by atoms with E-state index in [-0.39, 0.29) is 11.7 Å². The molecule has 0 N–H and O–H groups in total. The van der Waals surface area contributed by atoms with E-state index in [1.807, 2.05) is 37.3 Å². The second-order valence-electron chi connectivity index (χ2n) is 9.97. The van der Waals surface area contributed by atoms with Gasteiger partial charge in [0.1, 0.15) is 6.04 Å². The molecule has 3 heterocycles.